The van der Waals surface area contributed by atoms with Gasteiger partial charge < -0.3 is 14.6 Å². The van der Waals surface area contributed by atoms with Crippen molar-refractivity contribution in [3.63, 3.8) is 0 Å². The third-order valence-corrected chi connectivity index (χ3v) is 2.30. The number of carbonyl (C=O) groups is 1. The number of ether oxygens (including phenoxy) is 2. The predicted molar refractivity (Wildman–Crippen MR) is 75.8 cm³/mol. The van der Waals surface area contributed by atoms with Crippen molar-refractivity contribution in [3.8, 4) is 0 Å². The normalized spacial score (nSPS) is 12.1. The van der Waals surface area contributed by atoms with Crippen LogP contribution in [0.1, 0.15) is 26.5 Å². The van der Waals surface area contributed by atoms with Crippen LogP contribution < -0.4 is 0 Å². The van der Waals surface area contributed by atoms with E-state index in [-0.39, 0.29) is 12.3 Å². The Bertz CT molecular complexity index is 602. The minimum absolute atomic E-state index is 0.106. The molecule has 1 rings (SSSR count). The molecule has 0 saturated carbocycles. The highest BCUT2D eigenvalue weighted by atomic mass is 16.6. The molecule has 1 aromatic heterocycles. The van der Waals surface area contributed by atoms with Crippen molar-refractivity contribution in [2.75, 3.05) is 0 Å². The van der Waals surface area contributed by atoms with Crippen LogP contribution in [0, 0.1) is 5.39 Å². The molecular weight excluding hydrogens is 274 g/mol. The minimum Gasteiger partial charge on any atom is -0.475 e. The van der Waals surface area contributed by atoms with E-state index < -0.39 is 17.6 Å². The van der Waals surface area contributed by atoms with Crippen LogP contribution in [0.15, 0.2) is 42.6 Å². The first kappa shape index (κ1) is 16.3. The molecule has 7 nitrogen and oxygen atoms in total. The molecule has 1 heterocycles. The summed E-state index contributed by atoms with van der Waals surface area (Å²) in [4.78, 5) is 14.8. The molecule has 0 aromatic carbocycles. The van der Waals surface area contributed by atoms with E-state index in [1.807, 2.05) is 0 Å². The van der Waals surface area contributed by atoms with Gasteiger partial charge >= 0.3 is 17.7 Å². The van der Waals surface area contributed by atoms with E-state index in [1.165, 1.54) is 10.8 Å². The van der Waals surface area contributed by atoms with Gasteiger partial charge in [-0.25, -0.2) is 4.79 Å². The number of diazo groups is 1. The molecule has 0 aliphatic carbocycles. The van der Waals surface area contributed by atoms with Crippen molar-refractivity contribution in [3.05, 3.63) is 53.3 Å². The maximum absolute atomic E-state index is 12.0. The lowest BCUT2D eigenvalue weighted by molar-refractivity contribution is 0.0491. The molecule has 7 heteroatoms. The molecule has 0 radical (unpaired) electrons. The van der Waals surface area contributed by atoms with Crippen molar-refractivity contribution < 1.29 is 19.4 Å². The molecule has 0 aliphatic rings. The summed E-state index contributed by atoms with van der Waals surface area (Å²) in [5.41, 5.74) is -0.352. The quantitative estimate of drug-likeness (QED) is 0.520. The smallest absolute Gasteiger partial charge is 0.463 e. The second-order valence-electron chi connectivity index (χ2n) is 5.13. The molecule has 0 atom stereocenters. The Kier molecular flexibility index (Phi) is 5.13. The van der Waals surface area contributed by atoms with E-state index in [2.05, 4.69) is 11.6 Å². The molecule has 0 amide bonds. The summed E-state index contributed by atoms with van der Waals surface area (Å²) in [6.07, 6.45) is 2.10. The number of aliphatic hydroxyl groups excluding tert-OH is 1. The molecule has 1 N–H and O–H groups in total. The second kappa shape index (κ2) is 6.61. The number of hydrogen-bond acceptors (Lipinski definition) is 5. The Labute approximate surface area is 122 Å². The van der Waals surface area contributed by atoms with Crippen LogP contribution in [0.5, 0.6) is 0 Å². The average molecular weight is 292 g/mol. The highest BCUT2D eigenvalue weighted by Crippen LogP contribution is 2.14. The van der Waals surface area contributed by atoms with Crippen molar-refractivity contribution in [2.24, 2.45) is 0 Å². The van der Waals surface area contributed by atoms with Crippen LogP contribution in [0.3, 0.4) is 0 Å². The van der Waals surface area contributed by atoms with Gasteiger partial charge in [0.15, 0.2) is 4.98 Å². The molecule has 0 unspecified atom stereocenters. The van der Waals surface area contributed by atoms with E-state index in [1.54, 1.807) is 32.9 Å². The molecule has 21 heavy (non-hydrogen) atoms. The van der Waals surface area contributed by atoms with E-state index in [0.717, 1.165) is 6.08 Å². The van der Waals surface area contributed by atoms with Gasteiger partial charge in [-0.05, 0) is 32.9 Å². The Morgan fingerprint density at radius 2 is 2.24 bits per heavy atom. The maximum Gasteiger partial charge on any atom is 0.463 e. The zero-order valence-corrected chi connectivity index (χ0v) is 12.2. The van der Waals surface area contributed by atoms with Crippen LogP contribution in [0.25, 0.3) is 4.98 Å². The van der Waals surface area contributed by atoms with Crippen LogP contribution in [0.4, 0.5) is 4.79 Å². The van der Waals surface area contributed by atoms with Gasteiger partial charge in [0.25, 0.3) is 0 Å². The fraction of sp³-hybridized carbons (Fsp3) is 0.357. The Morgan fingerprint density at radius 1 is 1.57 bits per heavy atom. The van der Waals surface area contributed by atoms with Crippen LogP contribution in [-0.2, 0) is 16.1 Å². The van der Waals surface area contributed by atoms with E-state index in [9.17, 15) is 9.90 Å². The molecule has 0 saturated heterocycles. The van der Waals surface area contributed by atoms with Gasteiger partial charge in [0.1, 0.15) is 12.2 Å². The SMILES string of the molecule is C=C/C([N+]#N)=C(\O)OCc1cccn1C(=O)OC(C)(C)C. The van der Waals surface area contributed by atoms with E-state index in [4.69, 9.17) is 14.9 Å². The summed E-state index contributed by atoms with van der Waals surface area (Å²) in [6, 6.07) is 3.29. The first-order chi connectivity index (χ1) is 9.78. The molecule has 0 bridgehead atoms. The number of hydrogen-bond donors (Lipinski definition) is 1. The van der Waals surface area contributed by atoms with Crippen molar-refractivity contribution >= 4 is 6.09 Å². The topological polar surface area (TPSA) is 88.8 Å². The number of allylic oxidation sites excluding steroid dienone is 1. The lowest BCUT2D eigenvalue weighted by Gasteiger charge is -2.20. The number of carbonyl (C=O) groups excluding carboxylic acids is 1. The number of nitrogens with zero attached hydrogens (tertiary/aromatic N) is 3. The fourth-order valence-corrected chi connectivity index (χ4v) is 1.41. The molecule has 0 fully saturated rings. The molecule has 0 aliphatic heterocycles. The lowest BCUT2D eigenvalue weighted by atomic mass is 10.2. The summed E-state index contributed by atoms with van der Waals surface area (Å²) < 4.78 is 11.5. The third-order valence-electron chi connectivity index (χ3n) is 2.30. The van der Waals surface area contributed by atoms with Crippen molar-refractivity contribution in [1.29, 1.82) is 5.39 Å². The van der Waals surface area contributed by atoms with Gasteiger partial charge in [0.05, 0.1) is 5.69 Å². The summed E-state index contributed by atoms with van der Waals surface area (Å²) >= 11 is 0. The molecule has 112 valence electrons. The first-order valence-corrected chi connectivity index (χ1v) is 6.21. The Morgan fingerprint density at radius 3 is 2.76 bits per heavy atom. The standard InChI is InChI=1S/C14H17N3O4/c1-5-11(16-15)12(18)20-9-10-7-6-8-17(10)13(19)21-14(2,3)4/h5-8H,1,9H2,2-4H3/p+1/b12-11-. The summed E-state index contributed by atoms with van der Waals surface area (Å²) in [5.74, 6) is -0.593. The maximum atomic E-state index is 12.0. The summed E-state index contributed by atoms with van der Waals surface area (Å²) in [7, 11) is 0. The van der Waals surface area contributed by atoms with E-state index >= 15 is 0 Å². The molecular formula is C14H18N3O4+. The van der Waals surface area contributed by atoms with Crippen LogP contribution in [0.2, 0.25) is 0 Å². The molecule has 1 aromatic rings. The van der Waals surface area contributed by atoms with Crippen molar-refractivity contribution in [1.82, 2.24) is 4.57 Å². The highest BCUT2D eigenvalue weighted by Gasteiger charge is 2.21. The Balaban J connectivity index is 2.82. The number of aromatic nitrogens is 1. The minimum atomic E-state index is -0.618. The van der Waals surface area contributed by atoms with Gasteiger partial charge in [-0.15, -0.1) is 0 Å². The zero-order valence-electron chi connectivity index (χ0n) is 12.2. The van der Waals surface area contributed by atoms with Gasteiger partial charge in [-0.2, -0.15) is 0 Å². The highest BCUT2D eigenvalue weighted by molar-refractivity contribution is 5.72. The van der Waals surface area contributed by atoms with Gasteiger partial charge in [-0.3, -0.25) is 4.57 Å². The number of rotatable bonds is 4. The predicted octanol–water partition coefficient (Wildman–Crippen LogP) is 3.55. The van der Waals surface area contributed by atoms with E-state index in [0.29, 0.717) is 5.69 Å². The Hall–Kier alpha value is -2.75. The second-order valence-corrected chi connectivity index (χ2v) is 5.13. The zero-order chi connectivity index (χ0) is 16.0. The van der Waals surface area contributed by atoms with Crippen LogP contribution in [-0.4, -0.2) is 21.4 Å². The largest absolute Gasteiger partial charge is 0.475 e. The average Bonchev–Trinajstić information content (AvgIpc) is 2.84. The van der Waals surface area contributed by atoms with Crippen molar-refractivity contribution in [2.45, 2.75) is 33.0 Å². The lowest BCUT2D eigenvalue weighted by Crippen LogP contribution is -2.27. The first-order valence-electron chi connectivity index (χ1n) is 6.21. The van der Waals surface area contributed by atoms with Gasteiger partial charge in [0.2, 0.25) is 5.39 Å². The molecule has 0 spiro atoms. The summed E-state index contributed by atoms with van der Waals surface area (Å²) in [6.45, 7) is 8.53. The fourth-order valence-electron chi connectivity index (χ4n) is 1.41. The monoisotopic (exact) mass is 292 g/mol. The number of aliphatic hydroxyl groups is 1. The van der Waals surface area contributed by atoms with Gasteiger partial charge in [0, 0.05) is 12.3 Å². The van der Waals surface area contributed by atoms with Crippen LogP contribution >= 0.6 is 0 Å². The summed E-state index contributed by atoms with van der Waals surface area (Å²) in [5, 5.41) is 18.1. The van der Waals surface area contributed by atoms with Gasteiger partial charge in [-0.1, -0.05) is 6.58 Å². The third kappa shape index (κ3) is 4.69.